The molecule has 0 unspecified atom stereocenters. The molecule has 1 aromatic rings. The van der Waals surface area contributed by atoms with Crippen LogP contribution in [0.4, 0.5) is 17.6 Å². The average molecular weight is 271 g/mol. The van der Waals surface area contributed by atoms with Gasteiger partial charge in [-0.15, -0.1) is 0 Å². The molecule has 0 N–H and O–H groups in total. The molecule has 0 atom stereocenters. The smallest absolute Gasteiger partial charge is 0.288 e. The van der Waals surface area contributed by atoms with Crippen LogP contribution in [-0.4, -0.2) is 12.2 Å². The van der Waals surface area contributed by atoms with E-state index in [2.05, 4.69) is 15.9 Å². The molecule has 76 valence electrons. The molecule has 0 saturated heterocycles. The number of halogens is 5. The lowest BCUT2D eigenvalue weighted by atomic mass is 10.1. The summed E-state index contributed by atoms with van der Waals surface area (Å²) < 4.78 is 49.0. The minimum atomic E-state index is -3.36. The first kappa shape index (κ1) is 11.2. The maximum atomic E-state index is 12.9. The van der Waals surface area contributed by atoms with Crippen molar-refractivity contribution >= 4 is 21.7 Å². The van der Waals surface area contributed by atoms with Crippen LogP contribution in [0.1, 0.15) is 10.4 Å². The monoisotopic (exact) mass is 270 g/mol. The SMILES string of the molecule is O=C(c1c(F)ccc(F)c1Br)C(F)F. The highest BCUT2D eigenvalue weighted by atomic mass is 79.9. The van der Waals surface area contributed by atoms with E-state index in [1.54, 1.807) is 0 Å². The van der Waals surface area contributed by atoms with Crippen molar-refractivity contribution < 1.29 is 22.4 Å². The minimum absolute atomic E-state index is 0.581. The van der Waals surface area contributed by atoms with Crippen LogP contribution in [0, 0.1) is 11.6 Å². The summed E-state index contributed by atoms with van der Waals surface area (Å²) in [7, 11) is 0. The second kappa shape index (κ2) is 4.08. The zero-order valence-corrected chi connectivity index (χ0v) is 8.12. The summed E-state index contributed by atoms with van der Waals surface area (Å²) in [4.78, 5) is 10.8. The quantitative estimate of drug-likeness (QED) is 0.458. The predicted octanol–water partition coefficient (Wildman–Crippen LogP) is 3.18. The Kier molecular flexibility index (Phi) is 3.25. The Morgan fingerprint density at radius 2 is 1.71 bits per heavy atom. The van der Waals surface area contributed by atoms with Gasteiger partial charge in [-0.2, -0.15) is 0 Å². The normalized spacial score (nSPS) is 10.7. The van der Waals surface area contributed by atoms with Gasteiger partial charge in [0, 0.05) is 0 Å². The van der Waals surface area contributed by atoms with E-state index >= 15 is 0 Å². The molecule has 1 nitrogen and oxygen atoms in total. The van der Waals surface area contributed by atoms with E-state index < -0.39 is 33.9 Å². The molecule has 0 saturated carbocycles. The summed E-state index contributed by atoms with van der Waals surface area (Å²) in [6.07, 6.45) is -3.36. The van der Waals surface area contributed by atoms with Crippen LogP contribution in [0.15, 0.2) is 16.6 Å². The Bertz CT molecular complexity index is 378. The van der Waals surface area contributed by atoms with Gasteiger partial charge in [-0.1, -0.05) is 0 Å². The van der Waals surface area contributed by atoms with Crippen LogP contribution in [0.5, 0.6) is 0 Å². The van der Waals surface area contributed by atoms with E-state index in [0.29, 0.717) is 6.07 Å². The van der Waals surface area contributed by atoms with Gasteiger partial charge >= 0.3 is 6.43 Å². The average Bonchev–Trinajstić information content (AvgIpc) is 2.12. The standard InChI is InChI=1S/C8H3BrF4O/c9-6-4(11)2-1-3(10)5(6)7(14)8(12)13/h1-2,8H. The Morgan fingerprint density at radius 1 is 1.21 bits per heavy atom. The van der Waals surface area contributed by atoms with Crippen molar-refractivity contribution in [2.75, 3.05) is 0 Å². The van der Waals surface area contributed by atoms with Crippen LogP contribution < -0.4 is 0 Å². The molecule has 0 aliphatic carbocycles. The number of carbonyl (C=O) groups is 1. The molecule has 0 aromatic heterocycles. The number of rotatable bonds is 2. The second-order valence-electron chi connectivity index (χ2n) is 2.38. The fourth-order valence-electron chi connectivity index (χ4n) is 0.862. The van der Waals surface area contributed by atoms with Crippen LogP contribution in [-0.2, 0) is 0 Å². The lowest BCUT2D eigenvalue weighted by Crippen LogP contribution is -2.13. The maximum absolute atomic E-state index is 12.9. The van der Waals surface area contributed by atoms with E-state index in [1.807, 2.05) is 0 Å². The molecular formula is C8H3BrF4O. The molecule has 0 radical (unpaired) electrons. The fraction of sp³-hybridized carbons (Fsp3) is 0.125. The number of hydrogen-bond acceptors (Lipinski definition) is 1. The topological polar surface area (TPSA) is 17.1 Å². The first-order valence-electron chi connectivity index (χ1n) is 3.41. The van der Waals surface area contributed by atoms with Crippen molar-refractivity contribution in [2.24, 2.45) is 0 Å². The van der Waals surface area contributed by atoms with Crippen molar-refractivity contribution in [3.05, 3.63) is 33.8 Å². The summed E-state index contributed by atoms with van der Waals surface area (Å²) in [5, 5.41) is 0. The zero-order valence-electron chi connectivity index (χ0n) is 6.53. The highest BCUT2D eigenvalue weighted by molar-refractivity contribution is 9.10. The first-order valence-corrected chi connectivity index (χ1v) is 4.20. The van der Waals surface area contributed by atoms with Gasteiger partial charge in [-0.25, -0.2) is 17.6 Å². The summed E-state index contributed by atoms with van der Waals surface area (Å²) >= 11 is 2.53. The van der Waals surface area contributed by atoms with Crippen LogP contribution >= 0.6 is 15.9 Å². The predicted molar refractivity (Wildman–Crippen MR) is 44.4 cm³/mol. The van der Waals surface area contributed by atoms with Gasteiger partial charge in [0.2, 0.25) is 5.78 Å². The number of Topliss-reactive ketones (excluding diaryl/α,β-unsaturated/α-hetero) is 1. The Labute approximate surface area is 84.9 Å². The van der Waals surface area contributed by atoms with Gasteiger partial charge in [-0.3, -0.25) is 4.79 Å². The van der Waals surface area contributed by atoms with Crippen molar-refractivity contribution in [3.63, 3.8) is 0 Å². The first-order chi connectivity index (χ1) is 6.45. The number of ketones is 1. The van der Waals surface area contributed by atoms with Crippen LogP contribution in [0.25, 0.3) is 0 Å². The summed E-state index contributed by atoms with van der Waals surface area (Å²) in [6.45, 7) is 0. The van der Waals surface area contributed by atoms with E-state index in [1.165, 1.54) is 0 Å². The zero-order chi connectivity index (χ0) is 10.9. The van der Waals surface area contributed by atoms with Gasteiger partial charge in [0.25, 0.3) is 0 Å². The molecular weight excluding hydrogens is 268 g/mol. The van der Waals surface area contributed by atoms with Gasteiger partial charge < -0.3 is 0 Å². The third kappa shape index (κ3) is 1.95. The Balaban J connectivity index is 3.33. The summed E-state index contributed by atoms with van der Waals surface area (Å²) in [5.41, 5.74) is -0.958. The molecule has 1 aromatic carbocycles. The minimum Gasteiger partial charge on any atom is -0.288 e. The van der Waals surface area contributed by atoms with Crippen molar-refractivity contribution in [1.82, 2.24) is 0 Å². The number of hydrogen-bond donors (Lipinski definition) is 0. The molecule has 0 aliphatic heterocycles. The van der Waals surface area contributed by atoms with Crippen molar-refractivity contribution in [2.45, 2.75) is 6.43 Å². The molecule has 6 heteroatoms. The molecule has 0 bridgehead atoms. The molecule has 1 rings (SSSR count). The van der Waals surface area contributed by atoms with E-state index in [9.17, 15) is 22.4 Å². The summed E-state index contributed by atoms with van der Waals surface area (Å²) in [5.74, 6) is -3.88. The molecule has 0 fully saturated rings. The largest absolute Gasteiger partial charge is 0.300 e. The Hall–Kier alpha value is -0.910. The Morgan fingerprint density at radius 3 is 2.21 bits per heavy atom. The highest BCUT2D eigenvalue weighted by Gasteiger charge is 2.25. The van der Waals surface area contributed by atoms with Gasteiger partial charge in [0.05, 0.1) is 10.0 Å². The van der Waals surface area contributed by atoms with E-state index in [-0.39, 0.29) is 0 Å². The number of alkyl halides is 2. The molecule has 0 amide bonds. The van der Waals surface area contributed by atoms with Crippen LogP contribution in [0.2, 0.25) is 0 Å². The summed E-state index contributed by atoms with van der Waals surface area (Å²) in [6, 6.07) is 1.36. The van der Waals surface area contributed by atoms with Gasteiger partial charge in [0.15, 0.2) is 0 Å². The lowest BCUT2D eigenvalue weighted by molar-refractivity contribution is 0.0672. The lowest BCUT2D eigenvalue weighted by Gasteiger charge is -2.04. The molecule has 0 aliphatic rings. The van der Waals surface area contributed by atoms with E-state index in [0.717, 1.165) is 6.07 Å². The van der Waals surface area contributed by atoms with Gasteiger partial charge in [0.1, 0.15) is 11.6 Å². The van der Waals surface area contributed by atoms with Crippen molar-refractivity contribution in [3.8, 4) is 0 Å². The van der Waals surface area contributed by atoms with E-state index in [4.69, 9.17) is 0 Å². The number of benzene rings is 1. The molecule has 0 heterocycles. The third-order valence-electron chi connectivity index (χ3n) is 1.49. The number of carbonyl (C=O) groups excluding carboxylic acids is 1. The molecule has 14 heavy (non-hydrogen) atoms. The molecule has 0 spiro atoms. The second-order valence-corrected chi connectivity index (χ2v) is 3.18. The third-order valence-corrected chi connectivity index (χ3v) is 2.26. The maximum Gasteiger partial charge on any atom is 0.300 e. The van der Waals surface area contributed by atoms with Gasteiger partial charge in [-0.05, 0) is 28.1 Å². The van der Waals surface area contributed by atoms with Crippen molar-refractivity contribution in [1.29, 1.82) is 0 Å². The van der Waals surface area contributed by atoms with Crippen LogP contribution in [0.3, 0.4) is 0 Å². The fourth-order valence-corrected chi connectivity index (χ4v) is 1.38. The highest BCUT2D eigenvalue weighted by Crippen LogP contribution is 2.25.